The Kier molecular flexibility index (Phi) is 6.31. The van der Waals surface area contributed by atoms with E-state index in [0.717, 1.165) is 29.7 Å². The summed E-state index contributed by atoms with van der Waals surface area (Å²) in [6, 6.07) is 6.52. The number of ether oxygens (including phenoxy) is 1. The van der Waals surface area contributed by atoms with Crippen molar-refractivity contribution in [1.82, 2.24) is 0 Å². The highest BCUT2D eigenvalue weighted by Crippen LogP contribution is 2.48. The highest BCUT2D eigenvalue weighted by Gasteiger charge is 2.35. The van der Waals surface area contributed by atoms with Gasteiger partial charge in [0, 0.05) is 0 Å². The van der Waals surface area contributed by atoms with Gasteiger partial charge in [0.15, 0.2) is 0 Å². The number of unbranched alkanes of at least 4 members (excludes halogenated alkanes) is 1. The quantitative estimate of drug-likeness (QED) is 0.499. The molecule has 144 valence electrons. The van der Waals surface area contributed by atoms with E-state index >= 15 is 0 Å². The van der Waals surface area contributed by atoms with E-state index in [1.54, 1.807) is 0 Å². The molecule has 2 fully saturated rings. The molecular weight excluding hydrogens is 337 g/mol. The van der Waals surface area contributed by atoms with E-state index in [9.17, 15) is 13.2 Å². The van der Waals surface area contributed by atoms with Crippen molar-refractivity contribution in [1.29, 1.82) is 0 Å². The monoisotopic (exact) mass is 366 g/mol. The molecule has 4 unspecified atom stereocenters. The Hall–Kier alpha value is -1.45. The minimum atomic E-state index is -4.62. The summed E-state index contributed by atoms with van der Waals surface area (Å²) >= 11 is 0. The van der Waals surface area contributed by atoms with Gasteiger partial charge >= 0.3 is 6.36 Å². The first-order chi connectivity index (χ1) is 12.4. The third-order valence-electron chi connectivity index (χ3n) is 6.10. The molecule has 0 heterocycles. The summed E-state index contributed by atoms with van der Waals surface area (Å²) in [4.78, 5) is 0. The number of benzene rings is 1. The van der Waals surface area contributed by atoms with Crippen molar-refractivity contribution in [2.45, 2.75) is 70.6 Å². The lowest BCUT2D eigenvalue weighted by Crippen LogP contribution is -2.30. The summed E-state index contributed by atoms with van der Waals surface area (Å²) in [5.74, 6) is 2.69. The van der Waals surface area contributed by atoms with Crippen LogP contribution in [0.2, 0.25) is 0 Å². The van der Waals surface area contributed by atoms with Crippen LogP contribution in [0.1, 0.15) is 69.8 Å². The molecule has 2 aliphatic carbocycles. The normalized spacial score (nSPS) is 29.5. The fourth-order valence-electron chi connectivity index (χ4n) is 4.80. The highest BCUT2D eigenvalue weighted by molar-refractivity contribution is 5.30. The minimum Gasteiger partial charge on any atom is -0.406 e. The maximum Gasteiger partial charge on any atom is 0.573 e. The van der Waals surface area contributed by atoms with Gasteiger partial charge in [-0.05, 0) is 86.3 Å². The molecule has 0 radical (unpaired) electrons. The lowest BCUT2D eigenvalue weighted by molar-refractivity contribution is -0.274. The summed E-state index contributed by atoms with van der Waals surface area (Å²) in [5, 5.41) is 0. The molecule has 3 rings (SSSR count). The van der Waals surface area contributed by atoms with Crippen LogP contribution in [0.4, 0.5) is 13.2 Å². The zero-order valence-electron chi connectivity index (χ0n) is 15.5. The van der Waals surface area contributed by atoms with Crippen molar-refractivity contribution in [3.8, 4) is 5.75 Å². The minimum absolute atomic E-state index is 0.130. The zero-order chi connectivity index (χ0) is 18.6. The molecular formula is C22H29F3O. The van der Waals surface area contributed by atoms with Crippen molar-refractivity contribution in [3.63, 3.8) is 0 Å². The highest BCUT2D eigenvalue weighted by atomic mass is 19.4. The summed E-state index contributed by atoms with van der Waals surface area (Å²) < 4.78 is 40.8. The molecule has 2 saturated carbocycles. The van der Waals surface area contributed by atoms with E-state index < -0.39 is 6.36 Å². The summed E-state index contributed by atoms with van der Waals surface area (Å²) in [6.45, 7) is 2.21. The number of halogens is 3. The number of rotatable bonds is 5. The number of hydrogen-bond donors (Lipinski definition) is 0. The first-order valence-electron chi connectivity index (χ1n) is 9.97. The zero-order valence-corrected chi connectivity index (χ0v) is 15.5. The molecule has 4 atom stereocenters. The van der Waals surface area contributed by atoms with Crippen LogP contribution in [0.3, 0.4) is 0 Å². The second-order valence-electron chi connectivity index (χ2n) is 7.94. The van der Waals surface area contributed by atoms with Crippen LogP contribution in [0.15, 0.2) is 36.4 Å². The van der Waals surface area contributed by atoms with E-state index in [1.165, 1.54) is 57.1 Å². The maximum atomic E-state index is 12.3. The van der Waals surface area contributed by atoms with Crippen LogP contribution in [0.25, 0.3) is 0 Å². The second kappa shape index (κ2) is 8.49. The molecule has 0 aliphatic heterocycles. The third-order valence-corrected chi connectivity index (χ3v) is 6.10. The Morgan fingerprint density at radius 3 is 2.38 bits per heavy atom. The smallest absolute Gasteiger partial charge is 0.406 e. The van der Waals surface area contributed by atoms with Crippen LogP contribution in [-0.2, 0) is 0 Å². The van der Waals surface area contributed by atoms with E-state index in [-0.39, 0.29) is 5.75 Å². The average Bonchev–Trinajstić information content (AvgIpc) is 2.61. The molecule has 0 aromatic heterocycles. The molecule has 0 bridgehead atoms. The van der Waals surface area contributed by atoms with Crippen LogP contribution in [0, 0.1) is 17.8 Å². The van der Waals surface area contributed by atoms with Crippen LogP contribution in [-0.4, -0.2) is 6.36 Å². The largest absolute Gasteiger partial charge is 0.573 e. The average molecular weight is 366 g/mol. The Morgan fingerprint density at radius 1 is 1.00 bits per heavy atom. The first-order valence-corrected chi connectivity index (χ1v) is 9.97. The fraction of sp³-hybridized carbons (Fsp3) is 0.636. The fourth-order valence-corrected chi connectivity index (χ4v) is 4.80. The molecule has 2 aliphatic rings. The van der Waals surface area contributed by atoms with Crippen LogP contribution in [0.5, 0.6) is 5.75 Å². The SMILES string of the molecule is CCC/C=C/C1CCC2CC(c3ccc(OC(F)(F)F)cc3)CCC2C1. The number of fused-ring (bicyclic) bond motifs is 1. The second-order valence-corrected chi connectivity index (χ2v) is 7.94. The van der Waals surface area contributed by atoms with Crippen molar-refractivity contribution in [3.05, 3.63) is 42.0 Å². The molecule has 1 aromatic carbocycles. The van der Waals surface area contributed by atoms with Gasteiger partial charge in [-0.2, -0.15) is 0 Å². The standard InChI is InChI=1S/C22H29F3O/c1-2-3-4-5-16-6-7-20-15-19(9-8-18(20)14-16)17-10-12-21(13-11-17)26-22(23,24)25/h4-5,10-13,16,18-20H,2-3,6-9,14-15H2,1H3/b5-4+. The van der Waals surface area contributed by atoms with E-state index in [0.29, 0.717) is 5.92 Å². The van der Waals surface area contributed by atoms with Gasteiger partial charge in [0.1, 0.15) is 5.75 Å². The molecule has 0 spiro atoms. The van der Waals surface area contributed by atoms with E-state index in [2.05, 4.69) is 23.8 Å². The van der Waals surface area contributed by atoms with Gasteiger partial charge in [-0.15, -0.1) is 13.2 Å². The van der Waals surface area contributed by atoms with E-state index in [4.69, 9.17) is 0 Å². The van der Waals surface area contributed by atoms with Crippen molar-refractivity contribution in [2.75, 3.05) is 0 Å². The summed E-state index contributed by atoms with van der Waals surface area (Å²) in [5.41, 5.74) is 1.16. The number of alkyl halides is 3. The predicted molar refractivity (Wildman–Crippen MR) is 98.1 cm³/mol. The van der Waals surface area contributed by atoms with E-state index in [1.807, 2.05) is 12.1 Å². The van der Waals surface area contributed by atoms with Gasteiger partial charge in [-0.3, -0.25) is 0 Å². The van der Waals surface area contributed by atoms with Gasteiger partial charge in [0.25, 0.3) is 0 Å². The van der Waals surface area contributed by atoms with Gasteiger partial charge < -0.3 is 4.74 Å². The van der Waals surface area contributed by atoms with Crippen LogP contribution >= 0.6 is 0 Å². The predicted octanol–water partition coefficient (Wildman–Crippen LogP) is 7.24. The molecule has 4 heteroatoms. The number of allylic oxidation sites excluding steroid dienone is 2. The Labute approximate surface area is 154 Å². The maximum absolute atomic E-state index is 12.3. The summed E-state index contributed by atoms with van der Waals surface area (Å²) in [6.07, 6.45) is 10.0. The molecule has 0 amide bonds. The number of hydrogen-bond acceptors (Lipinski definition) is 1. The van der Waals surface area contributed by atoms with Crippen molar-refractivity contribution < 1.29 is 17.9 Å². The Balaban J connectivity index is 1.54. The molecule has 26 heavy (non-hydrogen) atoms. The third kappa shape index (κ3) is 5.28. The van der Waals surface area contributed by atoms with Crippen molar-refractivity contribution in [2.24, 2.45) is 17.8 Å². The molecule has 0 N–H and O–H groups in total. The first kappa shape index (κ1) is 19.3. The Morgan fingerprint density at radius 2 is 1.69 bits per heavy atom. The van der Waals surface area contributed by atoms with Crippen molar-refractivity contribution >= 4 is 0 Å². The lowest BCUT2D eigenvalue weighted by Gasteiger charge is -2.41. The molecule has 0 saturated heterocycles. The Bertz CT molecular complexity index is 590. The van der Waals surface area contributed by atoms with Gasteiger partial charge in [-0.25, -0.2) is 0 Å². The lowest BCUT2D eigenvalue weighted by atomic mass is 9.64. The molecule has 1 aromatic rings. The molecule has 1 nitrogen and oxygen atoms in total. The summed E-state index contributed by atoms with van der Waals surface area (Å²) in [7, 11) is 0. The van der Waals surface area contributed by atoms with Gasteiger partial charge in [0.05, 0.1) is 0 Å². The topological polar surface area (TPSA) is 9.23 Å². The van der Waals surface area contributed by atoms with Gasteiger partial charge in [-0.1, -0.05) is 37.6 Å². The van der Waals surface area contributed by atoms with Gasteiger partial charge in [0.2, 0.25) is 0 Å². The van der Waals surface area contributed by atoms with Crippen LogP contribution < -0.4 is 4.74 Å².